The minimum absolute atomic E-state index is 0.0622. The van der Waals surface area contributed by atoms with Gasteiger partial charge in [-0.05, 0) is 53.5 Å². The fraction of sp³-hybridized carbons (Fsp3) is 0.318. The number of methoxy groups -OCH3 is 1. The second-order valence-corrected chi connectivity index (χ2v) is 6.66. The third-order valence-electron chi connectivity index (χ3n) is 4.36. The molecule has 0 aliphatic heterocycles. The monoisotopic (exact) mass is 388 g/mol. The number of phenols is 1. The lowest BCUT2D eigenvalue weighted by molar-refractivity contribution is 0.177. The highest BCUT2D eigenvalue weighted by molar-refractivity contribution is 6.31. The lowest BCUT2D eigenvalue weighted by Gasteiger charge is -2.12. The van der Waals surface area contributed by atoms with E-state index in [0.29, 0.717) is 23.4 Å². The van der Waals surface area contributed by atoms with Crippen molar-refractivity contribution in [3.05, 3.63) is 76.0 Å². The molecule has 0 aliphatic rings. The van der Waals surface area contributed by atoms with Crippen LogP contribution in [-0.4, -0.2) is 22.4 Å². The predicted molar refractivity (Wildman–Crippen MR) is 107 cm³/mol. The lowest BCUT2D eigenvalue weighted by atomic mass is 10.00. The van der Waals surface area contributed by atoms with E-state index in [1.54, 1.807) is 19.3 Å². The average Bonchev–Trinajstić information content (AvgIpc) is 2.66. The number of ether oxygens (including phenoxy) is 1. The summed E-state index contributed by atoms with van der Waals surface area (Å²) >= 11 is 6.05. The number of halogens is 1. The van der Waals surface area contributed by atoms with Crippen LogP contribution in [0.2, 0.25) is 5.02 Å². The molecule has 0 spiro atoms. The van der Waals surface area contributed by atoms with Gasteiger partial charge in [-0.1, -0.05) is 36.7 Å². The Labute approximate surface area is 165 Å². The van der Waals surface area contributed by atoms with Gasteiger partial charge in [-0.2, -0.15) is 0 Å². The van der Waals surface area contributed by atoms with Gasteiger partial charge in [0, 0.05) is 12.8 Å². The van der Waals surface area contributed by atoms with E-state index in [9.17, 15) is 15.3 Å². The minimum atomic E-state index is -0.782. The number of rotatable bonds is 8. The van der Waals surface area contributed by atoms with Gasteiger partial charge in [0.2, 0.25) is 0 Å². The molecule has 0 radical (unpaired) electrons. The molecule has 144 valence electrons. The van der Waals surface area contributed by atoms with Crippen molar-refractivity contribution in [2.75, 3.05) is 7.11 Å². The molecule has 0 amide bonds. The molecule has 0 aliphatic carbocycles. The molecule has 0 aromatic heterocycles. The number of aliphatic hydroxyl groups is 2. The van der Waals surface area contributed by atoms with E-state index in [1.165, 1.54) is 12.1 Å². The molecule has 5 heteroatoms. The predicted octanol–water partition coefficient (Wildman–Crippen LogP) is 5.09. The first-order valence-corrected chi connectivity index (χ1v) is 9.23. The SMILES string of the molecule is CCC(=C=CC[C@@H](O)c1ccc(O)cc1Cl)C[C@@H](O)c1ccc(OC)cc1. The molecule has 2 atom stereocenters. The summed E-state index contributed by atoms with van der Waals surface area (Å²) in [4.78, 5) is 0. The number of phenolic OH excluding ortho intramolecular Hbond substituents is 1. The maximum absolute atomic E-state index is 10.4. The third kappa shape index (κ3) is 6.16. The summed E-state index contributed by atoms with van der Waals surface area (Å²) < 4.78 is 5.13. The second kappa shape index (κ2) is 10.2. The first kappa shape index (κ1) is 21.1. The van der Waals surface area contributed by atoms with Crippen molar-refractivity contribution in [3.63, 3.8) is 0 Å². The average molecular weight is 389 g/mol. The van der Waals surface area contributed by atoms with E-state index >= 15 is 0 Å². The van der Waals surface area contributed by atoms with Crippen LogP contribution in [0.3, 0.4) is 0 Å². The largest absolute Gasteiger partial charge is 0.508 e. The van der Waals surface area contributed by atoms with E-state index in [2.05, 4.69) is 5.73 Å². The molecule has 2 aromatic rings. The van der Waals surface area contributed by atoms with Crippen LogP contribution in [0.1, 0.15) is 49.5 Å². The molecule has 27 heavy (non-hydrogen) atoms. The van der Waals surface area contributed by atoms with Crippen molar-refractivity contribution in [3.8, 4) is 11.5 Å². The molecule has 4 nitrogen and oxygen atoms in total. The molecule has 0 unspecified atom stereocenters. The smallest absolute Gasteiger partial charge is 0.118 e. The first-order valence-electron chi connectivity index (χ1n) is 8.86. The van der Waals surface area contributed by atoms with Gasteiger partial charge >= 0.3 is 0 Å². The Morgan fingerprint density at radius 3 is 2.44 bits per heavy atom. The fourth-order valence-corrected chi connectivity index (χ4v) is 3.01. The van der Waals surface area contributed by atoms with Crippen LogP contribution < -0.4 is 4.74 Å². The van der Waals surface area contributed by atoms with E-state index in [-0.39, 0.29) is 5.75 Å². The lowest BCUT2D eigenvalue weighted by Crippen LogP contribution is -1.99. The van der Waals surface area contributed by atoms with Gasteiger partial charge < -0.3 is 20.1 Å². The van der Waals surface area contributed by atoms with Gasteiger partial charge in [-0.3, -0.25) is 0 Å². The fourth-order valence-electron chi connectivity index (χ4n) is 2.71. The molecule has 0 heterocycles. The van der Waals surface area contributed by atoms with Crippen molar-refractivity contribution >= 4 is 11.6 Å². The summed E-state index contributed by atoms with van der Waals surface area (Å²) in [6.07, 6.45) is 1.91. The molecule has 0 fully saturated rings. The van der Waals surface area contributed by atoms with Gasteiger partial charge in [-0.15, -0.1) is 5.73 Å². The number of hydrogen-bond donors (Lipinski definition) is 3. The summed E-state index contributed by atoms with van der Waals surface area (Å²) in [6, 6.07) is 11.8. The van der Waals surface area contributed by atoms with Gasteiger partial charge in [-0.25, -0.2) is 0 Å². The van der Waals surface area contributed by atoms with Gasteiger partial charge in [0.15, 0.2) is 0 Å². The number of benzene rings is 2. The van der Waals surface area contributed by atoms with Crippen LogP contribution in [0.25, 0.3) is 0 Å². The zero-order valence-corrected chi connectivity index (χ0v) is 16.3. The minimum Gasteiger partial charge on any atom is -0.508 e. The summed E-state index contributed by atoms with van der Waals surface area (Å²) in [7, 11) is 1.61. The van der Waals surface area contributed by atoms with Crippen molar-refractivity contribution in [2.24, 2.45) is 0 Å². The van der Waals surface area contributed by atoms with Crippen molar-refractivity contribution < 1.29 is 20.1 Å². The van der Waals surface area contributed by atoms with Crippen LogP contribution in [0.15, 0.2) is 59.8 Å². The molecule has 0 saturated heterocycles. The Morgan fingerprint density at radius 1 is 1.15 bits per heavy atom. The second-order valence-electron chi connectivity index (χ2n) is 6.26. The van der Waals surface area contributed by atoms with Crippen LogP contribution >= 0.6 is 11.6 Å². The standard InChI is InChI=1S/C22H25ClO4/c1-3-15(13-22(26)16-7-10-18(27-2)11-8-16)5-4-6-21(25)19-12-9-17(24)14-20(19)23/h4,7-12,14,21-22,24-26H,3,6,13H2,1-2H3/t5?,21-,22-/m1/s1. The molecule has 2 rings (SSSR count). The van der Waals surface area contributed by atoms with Crippen molar-refractivity contribution in [1.82, 2.24) is 0 Å². The highest BCUT2D eigenvalue weighted by atomic mass is 35.5. The van der Waals surface area contributed by atoms with Crippen molar-refractivity contribution in [2.45, 2.75) is 38.4 Å². The zero-order chi connectivity index (χ0) is 19.8. The normalized spacial score (nSPS) is 12.8. The maximum atomic E-state index is 10.4. The molecule has 2 aromatic carbocycles. The van der Waals surface area contributed by atoms with Crippen LogP contribution in [0.5, 0.6) is 11.5 Å². The Bertz CT molecular complexity index is 808. The van der Waals surface area contributed by atoms with Crippen molar-refractivity contribution in [1.29, 1.82) is 0 Å². The number of aromatic hydroxyl groups is 1. The summed E-state index contributed by atoms with van der Waals surface area (Å²) in [5.41, 5.74) is 5.52. The number of aliphatic hydroxyl groups excluding tert-OH is 2. The summed E-state index contributed by atoms with van der Waals surface area (Å²) in [5, 5.41) is 30.4. The van der Waals surface area contributed by atoms with Crippen LogP contribution in [0, 0.1) is 0 Å². The number of hydrogen-bond acceptors (Lipinski definition) is 4. The topological polar surface area (TPSA) is 69.9 Å². The molecular formula is C22H25ClO4. The Kier molecular flexibility index (Phi) is 7.96. The summed E-state index contributed by atoms with van der Waals surface area (Å²) in [6.45, 7) is 2.00. The Morgan fingerprint density at radius 2 is 1.85 bits per heavy atom. The molecule has 0 saturated carbocycles. The first-order chi connectivity index (χ1) is 12.9. The highest BCUT2D eigenvalue weighted by Crippen LogP contribution is 2.29. The maximum Gasteiger partial charge on any atom is 0.118 e. The molecular weight excluding hydrogens is 364 g/mol. The van der Waals surface area contributed by atoms with Crippen LogP contribution in [0.4, 0.5) is 0 Å². The van der Waals surface area contributed by atoms with E-state index in [4.69, 9.17) is 16.3 Å². The third-order valence-corrected chi connectivity index (χ3v) is 4.68. The van der Waals surface area contributed by atoms with E-state index in [1.807, 2.05) is 31.2 Å². The Hall–Kier alpha value is -2.23. The van der Waals surface area contributed by atoms with Gasteiger partial charge in [0.1, 0.15) is 11.5 Å². The molecule has 0 bridgehead atoms. The summed E-state index contributed by atoms with van der Waals surface area (Å²) in [5.74, 6) is 0.811. The van der Waals surface area contributed by atoms with Gasteiger partial charge in [0.25, 0.3) is 0 Å². The van der Waals surface area contributed by atoms with Gasteiger partial charge in [0.05, 0.1) is 24.3 Å². The quantitative estimate of drug-likeness (QED) is 0.550. The highest BCUT2D eigenvalue weighted by Gasteiger charge is 2.12. The van der Waals surface area contributed by atoms with E-state index < -0.39 is 12.2 Å². The Balaban J connectivity index is 2.03. The van der Waals surface area contributed by atoms with Crippen LogP contribution in [-0.2, 0) is 0 Å². The zero-order valence-electron chi connectivity index (χ0n) is 15.5. The molecule has 3 N–H and O–H groups in total. The van der Waals surface area contributed by atoms with E-state index in [0.717, 1.165) is 23.3 Å².